The van der Waals surface area contributed by atoms with E-state index < -0.39 is 0 Å². The zero-order valence-electron chi connectivity index (χ0n) is 5.71. The molecule has 2 saturated heterocycles. The minimum absolute atomic E-state index is 0.493. The van der Waals surface area contributed by atoms with Crippen molar-refractivity contribution in [2.75, 3.05) is 19.6 Å². The Kier molecular flexibility index (Phi) is 1.24. The van der Waals surface area contributed by atoms with Crippen molar-refractivity contribution in [2.24, 2.45) is 11.7 Å². The van der Waals surface area contributed by atoms with Crippen molar-refractivity contribution >= 4 is 0 Å². The lowest BCUT2D eigenvalue weighted by molar-refractivity contribution is 0.269. The fraction of sp³-hybridized carbons (Fsp3) is 1.00. The van der Waals surface area contributed by atoms with Crippen LogP contribution in [0.2, 0.25) is 0 Å². The molecule has 2 fully saturated rings. The summed E-state index contributed by atoms with van der Waals surface area (Å²) in [5.41, 5.74) is 5.88. The lowest BCUT2D eigenvalue weighted by atomic mass is 9.98. The Hall–Kier alpha value is -0.0800. The van der Waals surface area contributed by atoms with Gasteiger partial charge in [0, 0.05) is 19.1 Å². The van der Waals surface area contributed by atoms with Crippen LogP contribution >= 0.6 is 0 Å². The van der Waals surface area contributed by atoms with Crippen molar-refractivity contribution in [2.45, 2.75) is 18.9 Å². The summed E-state index contributed by atoms with van der Waals surface area (Å²) in [5.74, 6) is 0.832. The van der Waals surface area contributed by atoms with Crippen LogP contribution in [0.4, 0.5) is 0 Å². The number of piperidine rings is 1. The fourth-order valence-electron chi connectivity index (χ4n) is 2.05. The normalized spacial score (nSPS) is 49.7. The molecule has 2 aliphatic heterocycles. The molecule has 2 heteroatoms. The average Bonchev–Trinajstić information content (AvgIpc) is 2.09. The molecular formula is C7H14N2. The summed E-state index contributed by atoms with van der Waals surface area (Å²) in [7, 11) is 0. The number of nitrogens with two attached hydrogens (primary N) is 1. The molecule has 0 aromatic heterocycles. The molecule has 9 heavy (non-hydrogen) atoms. The number of fused-ring (bicyclic) bond motifs is 2. The van der Waals surface area contributed by atoms with Crippen LogP contribution in [0.25, 0.3) is 0 Å². The predicted octanol–water partition coefficient (Wildman–Crippen LogP) is 0.0393. The van der Waals surface area contributed by atoms with Gasteiger partial charge in [0.15, 0.2) is 0 Å². The van der Waals surface area contributed by atoms with E-state index in [0.29, 0.717) is 6.04 Å². The molecule has 0 radical (unpaired) electrons. The first-order chi connectivity index (χ1) is 4.36. The molecule has 2 nitrogen and oxygen atoms in total. The van der Waals surface area contributed by atoms with Crippen LogP contribution in [-0.4, -0.2) is 30.6 Å². The van der Waals surface area contributed by atoms with Gasteiger partial charge >= 0.3 is 0 Å². The lowest BCUT2D eigenvalue weighted by Gasteiger charge is -2.21. The summed E-state index contributed by atoms with van der Waals surface area (Å²) in [5, 5.41) is 0. The van der Waals surface area contributed by atoms with Gasteiger partial charge in [-0.2, -0.15) is 0 Å². The minimum atomic E-state index is 0.493. The zero-order chi connectivity index (χ0) is 6.27. The van der Waals surface area contributed by atoms with Crippen molar-refractivity contribution in [3.05, 3.63) is 0 Å². The lowest BCUT2D eigenvalue weighted by Crippen LogP contribution is -2.27. The van der Waals surface area contributed by atoms with Gasteiger partial charge in [0.25, 0.3) is 0 Å². The van der Waals surface area contributed by atoms with Gasteiger partial charge in [-0.05, 0) is 25.3 Å². The van der Waals surface area contributed by atoms with Crippen LogP contribution in [0.5, 0.6) is 0 Å². The summed E-state index contributed by atoms with van der Waals surface area (Å²) in [6.45, 7) is 3.73. The highest BCUT2D eigenvalue weighted by Gasteiger charge is 2.32. The topological polar surface area (TPSA) is 29.3 Å². The predicted molar refractivity (Wildman–Crippen MR) is 37.1 cm³/mol. The van der Waals surface area contributed by atoms with Gasteiger partial charge < -0.3 is 10.6 Å². The van der Waals surface area contributed by atoms with E-state index in [0.717, 1.165) is 12.5 Å². The highest BCUT2D eigenvalue weighted by atomic mass is 15.2. The Morgan fingerprint density at radius 3 is 2.89 bits per heavy atom. The van der Waals surface area contributed by atoms with Crippen LogP contribution in [0.1, 0.15) is 12.8 Å². The zero-order valence-corrected chi connectivity index (χ0v) is 5.71. The van der Waals surface area contributed by atoms with E-state index in [2.05, 4.69) is 4.90 Å². The monoisotopic (exact) mass is 126 g/mol. The third kappa shape index (κ3) is 0.864. The van der Waals surface area contributed by atoms with E-state index in [1.54, 1.807) is 0 Å². The van der Waals surface area contributed by atoms with Crippen molar-refractivity contribution in [1.82, 2.24) is 4.90 Å². The van der Waals surface area contributed by atoms with Crippen LogP contribution in [0, 0.1) is 5.92 Å². The summed E-state index contributed by atoms with van der Waals surface area (Å²) in [6, 6.07) is 0.493. The largest absolute Gasteiger partial charge is 0.326 e. The summed E-state index contributed by atoms with van der Waals surface area (Å²) in [4.78, 5) is 2.48. The number of hydrogen-bond acceptors (Lipinski definition) is 2. The molecule has 0 aromatic rings. The molecule has 0 aromatic carbocycles. The molecule has 2 heterocycles. The Labute approximate surface area is 56.0 Å². The molecule has 0 spiro atoms. The van der Waals surface area contributed by atoms with E-state index in [1.165, 1.54) is 25.9 Å². The third-order valence-corrected chi connectivity index (χ3v) is 2.62. The first kappa shape index (κ1) is 5.69. The Balaban J connectivity index is 2.07. The molecule has 3 atom stereocenters. The molecule has 2 aliphatic rings. The number of rotatable bonds is 0. The summed E-state index contributed by atoms with van der Waals surface area (Å²) < 4.78 is 0. The van der Waals surface area contributed by atoms with Gasteiger partial charge in [-0.15, -0.1) is 0 Å². The standard InChI is InChI=1S/C7H14N2/c8-7-5-9-3-1-2-6(7)4-9/h6-7H,1-5,8H2/t6-,7-/m1/s1. The Morgan fingerprint density at radius 2 is 2.22 bits per heavy atom. The second-order valence-electron chi connectivity index (χ2n) is 3.33. The van der Waals surface area contributed by atoms with Crippen LogP contribution in [0.3, 0.4) is 0 Å². The number of nitrogens with zero attached hydrogens (tertiary/aromatic N) is 1. The maximum Gasteiger partial charge on any atom is 0.0208 e. The molecular weight excluding hydrogens is 112 g/mol. The molecule has 0 saturated carbocycles. The summed E-state index contributed by atoms with van der Waals surface area (Å²) >= 11 is 0. The SMILES string of the molecule is N[C@@H]1CN2CCC[C@@H]1C2. The maximum atomic E-state index is 5.88. The smallest absolute Gasteiger partial charge is 0.0208 e. The van der Waals surface area contributed by atoms with Gasteiger partial charge in [-0.3, -0.25) is 0 Å². The van der Waals surface area contributed by atoms with Gasteiger partial charge in [-0.1, -0.05) is 0 Å². The van der Waals surface area contributed by atoms with Crippen molar-refractivity contribution < 1.29 is 0 Å². The minimum Gasteiger partial charge on any atom is -0.326 e. The van der Waals surface area contributed by atoms with Crippen LogP contribution in [0.15, 0.2) is 0 Å². The fourth-order valence-corrected chi connectivity index (χ4v) is 2.05. The van der Waals surface area contributed by atoms with E-state index in [4.69, 9.17) is 5.73 Å². The van der Waals surface area contributed by atoms with E-state index in [1.807, 2.05) is 0 Å². The summed E-state index contributed by atoms with van der Waals surface area (Å²) in [6.07, 6.45) is 2.75. The Morgan fingerprint density at radius 1 is 1.33 bits per heavy atom. The number of hydrogen-bond donors (Lipinski definition) is 1. The average molecular weight is 126 g/mol. The molecule has 0 amide bonds. The van der Waals surface area contributed by atoms with Crippen molar-refractivity contribution in [1.29, 1.82) is 0 Å². The van der Waals surface area contributed by atoms with Crippen LogP contribution < -0.4 is 5.73 Å². The first-order valence-electron chi connectivity index (χ1n) is 3.84. The third-order valence-electron chi connectivity index (χ3n) is 2.62. The second-order valence-corrected chi connectivity index (χ2v) is 3.33. The second kappa shape index (κ2) is 1.96. The van der Waals surface area contributed by atoms with E-state index in [9.17, 15) is 0 Å². The van der Waals surface area contributed by atoms with Gasteiger partial charge in [-0.25, -0.2) is 0 Å². The Bertz CT molecular complexity index is 111. The highest BCUT2D eigenvalue weighted by molar-refractivity contribution is 4.89. The van der Waals surface area contributed by atoms with Gasteiger partial charge in [0.05, 0.1) is 0 Å². The molecule has 2 N–H and O–H groups in total. The van der Waals surface area contributed by atoms with Crippen LogP contribution in [-0.2, 0) is 0 Å². The molecule has 2 bridgehead atoms. The van der Waals surface area contributed by atoms with E-state index >= 15 is 0 Å². The van der Waals surface area contributed by atoms with Crippen molar-refractivity contribution in [3.8, 4) is 0 Å². The first-order valence-corrected chi connectivity index (χ1v) is 3.84. The molecule has 1 unspecified atom stereocenters. The van der Waals surface area contributed by atoms with Gasteiger partial charge in [0.2, 0.25) is 0 Å². The van der Waals surface area contributed by atoms with Gasteiger partial charge in [0.1, 0.15) is 0 Å². The maximum absolute atomic E-state index is 5.88. The molecule has 52 valence electrons. The molecule has 2 rings (SSSR count). The van der Waals surface area contributed by atoms with Crippen molar-refractivity contribution in [3.63, 3.8) is 0 Å². The quantitative estimate of drug-likeness (QED) is 0.496. The molecule has 0 aliphatic carbocycles. The highest BCUT2D eigenvalue weighted by Crippen LogP contribution is 2.25. The van der Waals surface area contributed by atoms with E-state index in [-0.39, 0.29) is 0 Å².